The molecule has 18 heavy (non-hydrogen) atoms. The van der Waals surface area contributed by atoms with Crippen LogP contribution in [-0.2, 0) is 0 Å². The van der Waals surface area contributed by atoms with E-state index in [2.05, 4.69) is 12.1 Å². The lowest BCUT2D eigenvalue weighted by atomic mass is 9.97. The van der Waals surface area contributed by atoms with Crippen LogP contribution in [0, 0.1) is 18.8 Å². The van der Waals surface area contributed by atoms with E-state index >= 15 is 0 Å². The van der Waals surface area contributed by atoms with Gasteiger partial charge in [0.25, 0.3) is 0 Å². The molecule has 0 nitrogen and oxygen atoms in total. The minimum absolute atomic E-state index is 0.229. The molecule has 3 aromatic rings. The molecule has 0 unspecified atom stereocenters. The first-order valence-electron chi connectivity index (χ1n) is 5.92. The number of hydrogen-bond acceptors (Lipinski definition) is 0. The summed E-state index contributed by atoms with van der Waals surface area (Å²) >= 11 is 0. The summed E-state index contributed by atoms with van der Waals surface area (Å²) < 4.78 is 13.8. The maximum absolute atomic E-state index is 13.8. The second-order valence-corrected chi connectivity index (χ2v) is 4.41. The van der Waals surface area contributed by atoms with Crippen molar-refractivity contribution < 1.29 is 4.39 Å². The van der Waals surface area contributed by atoms with Gasteiger partial charge in [-0.1, -0.05) is 42.5 Å². The fourth-order valence-corrected chi connectivity index (χ4v) is 2.28. The van der Waals surface area contributed by atoms with Gasteiger partial charge in [0.05, 0.1) is 0 Å². The standard InChI is InChI=1S/C17H12F/c1-12-10-14(16-8-4-5-9-17(16)18)11-13-6-2-3-7-15(12)13/h2-7,9-11H,1H3. The maximum atomic E-state index is 13.8. The Kier molecular flexibility index (Phi) is 2.60. The zero-order valence-corrected chi connectivity index (χ0v) is 10.1. The van der Waals surface area contributed by atoms with Crippen molar-refractivity contribution in [2.24, 2.45) is 0 Å². The van der Waals surface area contributed by atoms with Crippen LogP contribution in [0.25, 0.3) is 21.9 Å². The molecule has 3 aromatic carbocycles. The zero-order valence-electron chi connectivity index (χ0n) is 10.1. The van der Waals surface area contributed by atoms with Crippen LogP contribution in [0.4, 0.5) is 4.39 Å². The summed E-state index contributed by atoms with van der Waals surface area (Å²) in [6, 6.07) is 20.0. The van der Waals surface area contributed by atoms with Crippen molar-refractivity contribution in [1.82, 2.24) is 0 Å². The summed E-state index contributed by atoms with van der Waals surface area (Å²) in [4.78, 5) is 0. The van der Waals surface area contributed by atoms with Gasteiger partial charge in [0.1, 0.15) is 5.82 Å². The summed E-state index contributed by atoms with van der Waals surface area (Å²) in [7, 11) is 0. The minimum atomic E-state index is -0.229. The van der Waals surface area contributed by atoms with Gasteiger partial charge in [-0.2, -0.15) is 0 Å². The van der Waals surface area contributed by atoms with Crippen LogP contribution in [0.3, 0.4) is 0 Å². The smallest absolute Gasteiger partial charge is 0.131 e. The number of halogens is 1. The van der Waals surface area contributed by atoms with Crippen LogP contribution in [0.2, 0.25) is 0 Å². The van der Waals surface area contributed by atoms with Gasteiger partial charge in [0.2, 0.25) is 0 Å². The Balaban J connectivity index is 2.28. The van der Waals surface area contributed by atoms with Crippen molar-refractivity contribution in [2.45, 2.75) is 6.92 Å². The summed E-state index contributed by atoms with van der Waals surface area (Å²) in [6.45, 7) is 2.05. The van der Waals surface area contributed by atoms with E-state index in [1.807, 2.05) is 37.3 Å². The highest BCUT2D eigenvalue weighted by Gasteiger charge is 2.06. The van der Waals surface area contributed by atoms with E-state index in [1.165, 1.54) is 11.5 Å². The van der Waals surface area contributed by atoms with Gasteiger partial charge >= 0.3 is 0 Å². The SMILES string of the molecule is Cc1cc(-c2[c]cccc2F)cc2ccccc12. The Bertz CT molecular complexity index is 714. The van der Waals surface area contributed by atoms with Crippen LogP contribution in [-0.4, -0.2) is 0 Å². The zero-order chi connectivity index (χ0) is 12.5. The van der Waals surface area contributed by atoms with E-state index in [9.17, 15) is 4.39 Å². The van der Waals surface area contributed by atoms with E-state index in [4.69, 9.17) is 0 Å². The molecular formula is C17H12F. The molecular weight excluding hydrogens is 223 g/mol. The monoisotopic (exact) mass is 235 g/mol. The second-order valence-electron chi connectivity index (χ2n) is 4.41. The average Bonchev–Trinajstić information content (AvgIpc) is 2.39. The van der Waals surface area contributed by atoms with Gasteiger partial charge in [-0.3, -0.25) is 0 Å². The molecule has 0 spiro atoms. The van der Waals surface area contributed by atoms with Crippen LogP contribution < -0.4 is 0 Å². The Morgan fingerprint density at radius 1 is 1.00 bits per heavy atom. The normalized spacial score (nSPS) is 10.8. The predicted molar refractivity (Wildman–Crippen MR) is 72.9 cm³/mol. The van der Waals surface area contributed by atoms with Gasteiger partial charge in [0, 0.05) is 5.56 Å². The van der Waals surface area contributed by atoms with Gasteiger partial charge in [-0.05, 0) is 47.0 Å². The first kappa shape index (κ1) is 11.0. The molecule has 3 rings (SSSR count). The summed E-state index contributed by atoms with van der Waals surface area (Å²) in [5.41, 5.74) is 2.57. The quantitative estimate of drug-likeness (QED) is 0.570. The first-order chi connectivity index (χ1) is 8.75. The second kappa shape index (κ2) is 4.26. The Morgan fingerprint density at radius 3 is 2.67 bits per heavy atom. The molecule has 0 aliphatic rings. The van der Waals surface area contributed by atoms with Crippen molar-refractivity contribution >= 4 is 10.8 Å². The summed E-state index contributed by atoms with van der Waals surface area (Å²) in [5.74, 6) is -0.229. The number of benzene rings is 3. The third-order valence-electron chi connectivity index (χ3n) is 3.16. The molecule has 0 bridgehead atoms. The van der Waals surface area contributed by atoms with E-state index in [-0.39, 0.29) is 5.82 Å². The topological polar surface area (TPSA) is 0 Å². The molecule has 0 heterocycles. The molecule has 0 aliphatic carbocycles. The lowest BCUT2D eigenvalue weighted by Crippen LogP contribution is -1.86. The van der Waals surface area contributed by atoms with Gasteiger partial charge in [-0.15, -0.1) is 0 Å². The minimum Gasteiger partial charge on any atom is -0.206 e. The van der Waals surface area contributed by atoms with Crippen molar-refractivity contribution in [1.29, 1.82) is 0 Å². The molecule has 0 aliphatic heterocycles. The number of fused-ring (bicyclic) bond motifs is 1. The highest BCUT2D eigenvalue weighted by molar-refractivity contribution is 5.90. The maximum Gasteiger partial charge on any atom is 0.131 e. The molecule has 1 radical (unpaired) electrons. The van der Waals surface area contributed by atoms with Crippen molar-refractivity contribution in [3.05, 3.63) is 72.0 Å². The van der Waals surface area contributed by atoms with Gasteiger partial charge < -0.3 is 0 Å². The Labute approximate surface area is 106 Å². The molecule has 0 saturated carbocycles. The van der Waals surface area contributed by atoms with Crippen molar-refractivity contribution in [2.75, 3.05) is 0 Å². The lowest BCUT2D eigenvalue weighted by Gasteiger charge is -2.08. The number of hydrogen-bond donors (Lipinski definition) is 0. The van der Waals surface area contributed by atoms with Crippen LogP contribution in [0.5, 0.6) is 0 Å². The fraction of sp³-hybridized carbons (Fsp3) is 0.0588. The molecule has 0 aromatic heterocycles. The van der Waals surface area contributed by atoms with Crippen LogP contribution in [0.15, 0.2) is 54.6 Å². The van der Waals surface area contributed by atoms with Gasteiger partial charge in [0.15, 0.2) is 0 Å². The van der Waals surface area contributed by atoms with E-state index < -0.39 is 0 Å². The summed E-state index contributed by atoms with van der Waals surface area (Å²) in [5, 5.41) is 2.33. The predicted octanol–water partition coefficient (Wildman–Crippen LogP) is 4.75. The first-order valence-corrected chi connectivity index (χ1v) is 5.92. The van der Waals surface area contributed by atoms with E-state index in [1.54, 1.807) is 12.1 Å². The molecule has 0 N–H and O–H groups in total. The van der Waals surface area contributed by atoms with Crippen LogP contribution in [0.1, 0.15) is 5.56 Å². The average molecular weight is 235 g/mol. The number of aryl methyl sites for hydroxylation is 1. The molecule has 1 heteroatoms. The van der Waals surface area contributed by atoms with Crippen LogP contribution >= 0.6 is 0 Å². The Hall–Kier alpha value is -2.15. The fourth-order valence-electron chi connectivity index (χ4n) is 2.28. The molecule has 87 valence electrons. The molecule has 0 fully saturated rings. The van der Waals surface area contributed by atoms with Gasteiger partial charge in [-0.25, -0.2) is 4.39 Å². The molecule has 0 amide bonds. The third kappa shape index (κ3) is 1.78. The third-order valence-corrected chi connectivity index (χ3v) is 3.16. The molecule has 0 saturated heterocycles. The van der Waals surface area contributed by atoms with Crippen molar-refractivity contribution in [3.8, 4) is 11.1 Å². The Morgan fingerprint density at radius 2 is 1.83 bits per heavy atom. The van der Waals surface area contributed by atoms with E-state index in [0.29, 0.717) is 5.56 Å². The number of rotatable bonds is 1. The highest BCUT2D eigenvalue weighted by atomic mass is 19.1. The lowest BCUT2D eigenvalue weighted by molar-refractivity contribution is 0.631. The summed E-state index contributed by atoms with van der Waals surface area (Å²) in [6.07, 6.45) is 0. The molecule has 0 atom stereocenters. The largest absolute Gasteiger partial charge is 0.206 e. The highest BCUT2D eigenvalue weighted by Crippen LogP contribution is 2.28. The van der Waals surface area contributed by atoms with E-state index in [0.717, 1.165) is 16.5 Å². The van der Waals surface area contributed by atoms with Crippen molar-refractivity contribution in [3.63, 3.8) is 0 Å².